The fourth-order valence-corrected chi connectivity index (χ4v) is 2.89. The van der Waals surface area contributed by atoms with Crippen LogP contribution in [0.25, 0.3) is 0 Å². The number of nitrogens with one attached hydrogen (secondary N) is 2. The first kappa shape index (κ1) is 15.0. The number of pyridine rings is 1. The average Bonchev–Trinajstić information content (AvgIpc) is 2.80. The Morgan fingerprint density at radius 3 is 2.67 bits per heavy atom. The molecule has 0 atom stereocenters. The fraction of sp³-hybridized carbons (Fsp3) is 0.250. The van der Waals surface area contributed by atoms with Crippen LogP contribution >= 0.6 is 0 Å². The molecular weight excluding hydrogens is 296 g/mol. The van der Waals surface area contributed by atoms with E-state index in [1.807, 2.05) is 0 Å². The van der Waals surface area contributed by atoms with E-state index in [0.717, 1.165) is 0 Å². The molecule has 0 amide bonds. The smallest absolute Gasteiger partial charge is 0.342 e. The van der Waals surface area contributed by atoms with Crippen LogP contribution in [-0.4, -0.2) is 36.7 Å². The van der Waals surface area contributed by atoms with Crippen molar-refractivity contribution in [3.8, 4) is 0 Å². The Bertz CT molecular complexity index is 782. The average molecular weight is 310 g/mol. The van der Waals surface area contributed by atoms with Gasteiger partial charge in [-0.05, 0) is 26.0 Å². The highest BCUT2D eigenvalue weighted by Gasteiger charge is 2.28. The SMILES string of the molecule is COC(=O)c1c(C)n[nH]c1S(=O)(=O)Nc1cccc(C)n1. The van der Waals surface area contributed by atoms with Crippen LogP contribution in [0.15, 0.2) is 23.2 Å². The number of rotatable bonds is 4. The number of carbonyl (C=O) groups excluding carboxylic acids is 1. The quantitative estimate of drug-likeness (QED) is 0.815. The Morgan fingerprint density at radius 2 is 2.05 bits per heavy atom. The second kappa shape index (κ2) is 5.52. The van der Waals surface area contributed by atoms with Gasteiger partial charge >= 0.3 is 5.97 Å². The number of aromatic amines is 1. The lowest BCUT2D eigenvalue weighted by atomic mass is 10.3. The molecule has 2 heterocycles. The molecule has 9 heteroatoms. The van der Waals surface area contributed by atoms with Crippen molar-refractivity contribution in [2.45, 2.75) is 18.9 Å². The number of H-pyrrole nitrogens is 1. The van der Waals surface area contributed by atoms with Gasteiger partial charge in [0, 0.05) is 5.69 Å². The molecule has 0 radical (unpaired) electrons. The Kier molecular flexibility index (Phi) is 3.94. The molecule has 0 aliphatic carbocycles. The molecular formula is C12H14N4O4S. The van der Waals surface area contributed by atoms with Crippen molar-refractivity contribution < 1.29 is 17.9 Å². The summed E-state index contributed by atoms with van der Waals surface area (Å²) >= 11 is 0. The van der Waals surface area contributed by atoms with Crippen LogP contribution in [0.3, 0.4) is 0 Å². The van der Waals surface area contributed by atoms with E-state index < -0.39 is 16.0 Å². The summed E-state index contributed by atoms with van der Waals surface area (Å²) in [7, 11) is -2.86. The predicted octanol–water partition coefficient (Wildman–Crippen LogP) is 1.01. The number of carbonyl (C=O) groups is 1. The molecule has 0 aliphatic rings. The second-order valence-corrected chi connectivity index (χ2v) is 5.89. The van der Waals surface area contributed by atoms with E-state index in [1.54, 1.807) is 19.1 Å². The van der Waals surface area contributed by atoms with Crippen molar-refractivity contribution in [3.63, 3.8) is 0 Å². The number of sulfonamides is 1. The Morgan fingerprint density at radius 1 is 1.33 bits per heavy atom. The number of hydrogen-bond donors (Lipinski definition) is 2. The molecule has 2 aromatic rings. The zero-order valence-corrected chi connectivity index (χ0v) is 12.5. The molecule has 0 spiro atoms. The van der Waals surface area contributed by atoms with E-state index >= 15 is 0 Å². The number of ether oxygens (including phenoxy) is 1. The molecule has 21 heavy (non-hydrogen) atoms. The number of methoxy groups -OCH3 is 1. The van der Waals surface area contributed by atoms with Gasteiger partial charge in [0.2, 0.25) is 0 Å². The maximum absolute atomic E-state index is 12.3. The van der Waals surface area contributed by atoms with Crippen LogP contribution < -0.4 is 4.72 Å². The van der Waals surface area contributed by atoms with Crippen molar-refractivity contribution in [1.29, 1.82) is 0 Å². The molecule has 8 nitrogen and oxygen atoms in total. The van der Waals surface area contributed by atoms with Crippen LogP contribution in [0.5, 0.6) is 0 Å². The maximum atomic E-state index is 12.3. The number of aryl methyl sites for hydroxylation is 2. The standard InChI is InChI=1S/C12H14N4O4S/c1-7-5-4-6-9(13-7)16-21(18,19)11-10(12(17)20-3)8(2)14-15-11/h4-6H,1-3H3,(H,13,16)(H,14,15). The molecule has 0 fully saturated rings. The van der Waals surface area contributed by atoms with Crippen molar-refractivity contribution in [2.75, 3.05) is 11.8 Å². The first-order valence-electron chi connectivity index (χ1n) is 5.95. The summed E-state index contributed by atoms with van der Waals surface area (Å²) in [5.41, 5.74) is 0.765. The number of nitrogens with zero attached hydrogens (tertiary/aromatic N) is 2. The first-order valence-corrected chi connectivity index (χ1v) is 7.43. The fourth-order valence-electron chi connectivity index (χ4n) is 1.74. The summed E-state index contributed by atoms with van der Waals surface area (Å²) in [4.78, 5) is 15.7. The summed E-state index contributed by atoms with van der Waals surface area (Å²) in [5, 5.41) is 5.73. The van der Waals surface area contributed by atoms with E-state index in [-0.39, 0.29) is 22.1 Å². The molecule has 0 saturated carbocycles. The van der Waals surface area contributed by atoms with E-state index in [2.05, 4.69) is 24.6 Å². The summed E-state index contributed by atoms with van der Waals surface area (Å²) < 4.78 is 31.5. The Hall–Kier alpha value is -2.42. The number of aromatic nitrogens is 3. The molecule has 2 rings (SSSR count). The summed E-state index contributed by atoms with van der Waals surface area (Å²) in [5.74, 6) is -0.628. The highest BCUT2D eigenvalue weighted by atomic mass is 32.2. The van der Waals surface area contributed by atoms with Gasteiger partial charge in [-0.1, -0.05) is 6.07 Å². The van der Waals surface area contributed by atoms with Gasteiger partial charge < -0.3 is 4.74 Å². The maximum Gasteiger partial charge on any atom is 0.342 e. The van der Waals surface area contributed by atoms with Crippen LogP contribution in [0.2, 0.25) is 0 Å². The van der Waals surface area contributed by atoms with Crippen molar-refractivity contribution in [1.82, 2.24) is 15.2 Å². The van der Waals surface area contributed by atoms with Gasteiger partial charge in [0.25, 0.3) is 10.0 Å². The monoisotopic (exact) mass is 310 g/mol. The van der Waals surface area contributed by atoms with Gasteiger partial charge in [-0.3, -0.25) is 9.82 Å². The van der Waals surface area contributed by atoms with Gasteiger partial charge in [0.1, 0.15) is 11.4 Å². The highest BCUT2D eigenvalue weighted by Crippen LogP contribution is 2.20. The highest BCUT2D eigenvalue weighted by molar-refractivity contribution is 7.92. The lowest BCUT2D eigenvalue weighted by Gasteiger charge is -2.07. The van der Waals surface area contributed by atoms with Gasteiger partial charge in [-0.25, -0.2) is 9.78 Å². The molecule has 112 valence electrons. The minimum Gasteiger partial charge on any atom is -0.465 e. The summed E-state index contributed by atoms with van der Waals surface area (Å²) in [6.45, 7) is 3.24. The minimum absolute atomic E-state index is 0.127. The van der Waals surface area contributed by atoms with Crippen LogP contribution in [0.4, 0.5) is 5.82 Å². The van der Waals surface area contributed by atoms with Crippen molar-refractivity contribution in [3.05, 3.63) is 35.2 Å². The molecule has 0 unspecified atom stereocenters. The number of hydrogen-bond acceptors (Lipinski definition) is 6. The van der Waals surface area contributed by atoms with Gasteiger partial charge in [0.05, 0.1) is 12.8 Å². The van der Waals surface area contributed by atoms with E-state index in [1.165, 1.54) is 20.1 Å². The Balaban J connectivity index is 2.43. The van der Waals surface area contributed by atoms with Gasteiger partial charge in [0.15, 0.2) is 5.03 Å². The van der Waals surface area contributed by atoms with Gasteiger partial charge in [-0.15, -0.1) is 0 Å². The third kappa shape index (κ3) is 3.02. The minimum atomic E-state index is -4.03. The van der Waals surface area contributed by atoms with Crippen LogP contribution in [0, 0.1) is 13.8 Å². The lowest BCUT2D eigenvalue weighted by molar-refractivity contribution is 0.0595. The topological polar surface area (TPSA) is 114 Å². The largest absolute Gasteiger partial charge is 0.465 e. The van der Waals surface area contributed by atoms with Crippen molar-refractivity contribution in [2.24, 2.45) is 0 Å². The third-order valence-corrected chi connectivity index (χ3v) is 4.01. The predicted molar refractivity (Wildman–Crippen MR) is 74.4 cm³/mol. The van der Waals surface area contributed by atoms with Crippen molar-refractivity contribution >= 4 is 21.8 Å². The molecule has 0 aliphatic heterocycles. The molecule has 2 aromatic heterocycles. The molecule has 2 N–H and O–H groups in total. The summed E-state index contributed by atoms with van der Waals surface area (Å²) in [6.07, 6.45) is 0. The normalized spacial score (nSPS) is 11.2. The molecule has 0 bridgehead atoms. The molecule has 0 aromatic carbocycles. The van der Waals surface area contributed by atoms with E-state index in [0.29, 0.717) is 5.69 Å². The zero-order chi connectivity index (χ0) is 15.6. The lowest BCUT2D eigenvalue weighted by Crippen LogP contribution is -2.18. The molecule has 0 saturated heterocycles. The van der Waals surface area contributed by atoms with Crippen LogP contribution in [0.1, 0.15) is 21.7 Å². The number of esters is 1. The van der Waals surface area contributed by atoms with Gasteiger partial charge in [-0.2, -0.15) is 13.5 Å². The zero-order valence-electron chi connectivity index (χ0n) is 11.7. The summed E-state index contributed by atoms with van der Waals surface area (Å²) in [6, 6.07) is 4.91. The van der Waals surface area contributed by atoms with Crippen LogP contribution in [-0.2, 0) is 14.8 Å². The second-order valence-electron chi connectivity index (χ2n) is 4.27. The third-order valence-electron chi connectivity index (χ3n) is 2.70. The van der Waals surface area contributed by atoms with E-state index in [9.17, 15) is 13.2 Å². The van der Waals surface area contributed by atoms with E-state index in [4.69, 9.17) is 0 Å². The Labute approximate surface area is 121 Å². The number of anilines is 1. The first-order chi connectivity index (χ1) is 9.85.